The van der Waals surface area contributed by atoms with Gasteiger partial charge in [0.2, 0.25) is 17.8 Å². The second-order valence-corrected chi connectivity index (χ2v) is 8.29. The standard InChI is InChI=1S/C27H29N5O2/c1-21(22-10-5-3-6-11-22)20-24(25(33)30(2)23-12-7-4-8-13-23)26(34)31-16-18-32(19-17-31)27-28-14-9-15-29-27/h3-15,20,24H,16-19H2,1-2H3/b21-20+. The highest BCUT2D eigenvalue weighted by Crippen LogP contribution is 2.22. The molecule has 34 heavy (non-hydrogen) atoms. The van der Waals surface area contributed by atoms with Gasteiger partial charge in [0.1, 0.15) is 5.92 Å². The number of benzene rings is 2. The molecule has 1 aliphatic heterocycles. The van der Waals surface area contributed by atoms with E-state index in [1.807, 2.05) is 67.6 Å². The Morgan fingerprint density at radius 3 is 2.09 bits per heavy atom. The molecule has 7 nitrogen and oxygen atoms in total. The van der Waals surface area contributed by atoms with Crippen molar-refractivity contribution < 1.29 is 9.59 Å². The minimum Gasteiger partial charge on any atom is -0.338 e. The minimum atomic E-state index is -0.912. The highest BCUT2D eigenvalue weighted by atomic mass is 16.2. The predicted octanol–water partition coefficient (Wildman–Crippen LogP) is 3.51. The molecule has 1 aromatic heterocycles. The number of rotatable bonds is 6. The lowest BCUT2D eigenvalue weighted by molar-refractivity contribution is -0.139. The second-order valence-electron chi connectivity index (χ2n) is 8.29. The van der Waals surface area contributed by atoms with Gasteiger partial charge in [-0.2, -0.15) is 0 Å². The number of amides is 2. The Morgan fingerprint density at radius 2 is 1.47 bits per heavy atom. The Balaban J connectivity index is 1.56. The van der Waals surface area contributed by atoms with E-state index in [1.54, 1.807) is 41.4 Å². The molecule has 2 aromatic carbocycles. The van der Waals surface area contributed by atoms with E-state index in [0.717, 1.165) is 16.8 Å². The zero-order chi connectivity index (χ0) is 23.9. The normalized spacial score (nSPS) is 15.1. The molecule has 0 bridgehead atoms. The third kappa shape index (κ3) is 5.31. The topological polar surface area (TPSA) is 69.6 Å². The summed E-state index contributed by atoms with van der Waals surface area (Å²) >= 11 is 0. The molecule has 0 spiro atoms. The maximum absolute atomic E-state index is 13.7. The van der Waals surface area contributed by atoms with Crippen molar-refractivity contribution in [2.75, 3.05) is 43.0 Å². The van der Waals surface area contributed by atoms with E-state index in [2.05, 4.69) is 14.9 Å². The van der Waals surface area contributed by atoms with E-state index in [0.29, 0.717) is 32.1 Å². The smallest absolute Gasteiger partial charge is 0.243 e. The van der Waals surface area contributed by atoms with Crippen LogP contribution in [0.4, 0.5) is 11.6 Å². The molecule has 0 radical (unpaired) electrons. The minimum absolute atomic E-state index is 0.184. The maximum atomic E-state index is 13.7. The van der Waals surface area contributed by atoms with Gasteiger partial charge in [0.15, 0.2) is 0 Å². The molecular formula is C27H29N5O2. The lowest BCUT2D eigenvalue weighted by Gasteiger charge is -2.36. The van der Waals surface area contributed by atoms with Crippen LogP contribution in [-0.4, -0.2) is 59.9 Å². The SMILES string of the molecule is C/C(=C\C(C(=O)N1CCN(c2ncccn2)CC1)C(=O)N(C)c1ccccc1)c1ccccc1. The average Bonchev–Trinajstić information content (AvgIpc) is 2.92. The number of hydrogen-bond acceptors (Lipinski definition) is 5. The largest absolute Gasteiger partial charge is 0.338 e. The fourth-order valence-electron chi connectivity index (χ4n) is 4.06. The maximum Gasteiger partial charge on any atom is 0.243 e. The van der Waals surface area contributed by atoms with Gasteiger partial charge < -0.3 is 14.7 Å². The summed E-state index contributed by atoms with van der Waals surface area (Å²) in [6.07, 6.45) is 5.22. The summed E-state index contributed by atoms with van der Waals surface area (Å²) in [6.45, 7) is 4.19. The highest BCUT2D eigenvalue weighted by Gasteiger charge is 2.33. The van der Waals surface area contributed by atoms with Crippen LogP contribution >= 0.6 is 0 Å². The number of piperazine rings is 1. The van der Waals surface area contributed by atoms with Crippen molar-refractivity contribution in [1.29, 1.82) is 0 Å². The number of carbonyl (C=O) groups excluding carboxylic acids is 2. The third-order valence-corrected chi connectivity index (χ3v) is 6.08. The van der Waals surface area contributed by atoms with Gasteiger partial charge in [0.25, 0.3) is 0 Å². The number of para-hydroxylation sites is 1. The molecule has 2 amide bonds. The Labute approximate surface area is 200 Å². The van der Waals surface area contributed by atoms with Crippen molar-refractivity contribution in [3.63, 3.8) is 0 Å². The van der Waals surface area contributed by atoms with Crippen LogP contribution in [0.15, 0.2) is 85.2 Å². The highest BCUT2D eigenvalue weighted by molar-refractivity contribution is 6.09. The number of hydrogen-bond donors (Lipinski definition) is 0. The molecule has 0 N–H and O–H groups in total. The van der Waals surface area contributed by atoms with E-state index in [-0.39, 0.29) is 11.8 Å². The number of aromatic nitrogens is 2. The molecule has 1 saturated heterocycles. The molecule has 3 aromatic rings. The number of carbonyl (C=O) groups is 2. The fraction of sp³-hybridized carbons (Fsp3) is 0.259. The molecule has 174 valence electrons. The van der Waals surface area contributed by atoms with E-state index >= 15 is 0 Å². The number of allylic oxidation sites excluding steroid dienone is 1. The van der Waals surface area contributed by atoms with E-state index in [9.17, 15) is 9.59 Å². The first-order chi connectivity index (χ1) is 16.5. The Bertz CT molecular complexity index is 1130. The van der Waals surface area contributed by atoms with Crippen LogP contribution in [0.1, 0.15) is 12.5 Å². The van der Waals surface area contributed by atoms with Crippen molar-refractivity contribution in [1.82, 2.24) is 14.9 Å². The summed E-state index contributed by atoms with van der Waals surface area (Å²) in [4.78, 5) is 41.3. The lowest BCUT2D eigenvalue weighted by atomic mass is 9.98. The Morgan fingerprint density at radius 1 is 0.882 bits per heavy atom. The molecule has 2 heterocycles. The van der Waals surface area contributed by atoms with E-state index in [1.165, 1.54) is 0 Å². The Kier molecular flexibility index (Phi) is 7.32. The van der Waals surface area contributed by atoms with Gasteiger partial charge in [0.05, 0.1) is 0 Å². The van der Waals surface area contributed by atoms with Crippen LogP contribution in [0.2, 0.25) is 0 Å². The first-order valence-electron chi connectivity index (χ1n) is 11.4. The average molecular weight is 456 g/mol. The molecule has 4 rings (SSSR count). The van der Waals surface area contributed by atoms with Crippen LogP contribution in [0.25, 0.3) is 5.57 Å². The molecular weight excluding hydrogens is 426 g/mol. The lowest BCUT2D eigenvalue weighted by Crippen LogP contribution is -2.52. The van der Waals surface area contributed by atoms with Gasteiger partial charge in [-0.15, -0.1) is 0 Å². The summed E-state index contributed by atoms with van der Waals surface area (Å²) in [7, 11) is 1.72. The summed E-state index contributed by atoms with van der Waals surface area (Å²) in [5, 5.41) is 0. The van der Waals surface area contributed by atoms with Crippen LogP contribution < -0.4 is 9.80 Å². The third-order valence-electron chi connectivity index (χ3n) is 6.08. The number of nitrogens with zero attached hydrogens (tertiary/aromatic N) is 5. The van der Waals surface area contributed by atoms with Crippen molar-refractivity contribution in [3.8, 4) is 0 Å². The van der Waals surface area contributed by atoms with Gasteiger partial charge in [-0.3, -0.25) is 9.59 Å². The van der Waals surface area contributed by atoms with Crippen molar-refractivity contribution >= 4 is 29.0 Å². The van der Waals surface area contributed by atoms with Gasteiger partial charge >= 0.3 is 0 Å². The van der Waals surface area contributed by atoms with E-state index < -0.39 is 5.92 Å². The van der Waals surface area contributed by atoms with Crippen LogP contribution in [-0.2, 0) is 9.59 Å². The molecule has 0 saturated carbocycles. The molecule has 1 fully saturated rings. The zero-order valence-corrected chi connectivity index (χ0v) is 19.5. The molecule has 1 atom stereocenters. The molecule has 1 aliphatic rings. The summed E-state index contributed by atoms with van der Waals surface area (Å²) < 4.78 is 0. The van der Waals surface area contributed by atoms with Gasteiger partial charge in [0, 0.05) is 51.3 Å². The van der Waals surface area contributed by atoms with Crippen LogP contribution in [0, 0.1) is 5.92 Å². The quantitative estimate of drug-likeness (QED) is 0.532. The predicted molar refractivity (Wildman–Crippen MR) is 134 cm³/mol. The summed E-state index contributed by atoms with van der Waals surface area (Å²) in [5.41, 5.74) is 2.63. The van der Waals surface area contributed by atoms with Crippen molar-refractivity contribution in [2.45, 2.75) is 6.92 Å². The Hall–Kier alpha value is -4.00. The van der Waals surface area contributed by atoms with E-state index in [4.69, 9.17) is 0 Å². The van der Waals surface area contributed by atoms with Crippen molar-refractivity contribution in [2.24, 2.45) is 5.92 Å². The zero-order valence-electron chi connectivity index (χ0n) is 19.5. The first-order valence-corrected chi connectivity index (χ1v) is 11.4. The van der Waals surface area contributed by atoms with Gasteiger partial charge in [-0.05, 0) is 36.3 Å². The number of anilines is 2. The van der Waals surface area contributed by atoms with Gasteiger partial charge in [-0.1, -0.05) is 54.6 Å². The second kappa shape index (κ2) is 10.7. The fourth-order valence-corrected chi connectivity index (χ4v) is 4.06. The van der Waals surface area contributed by atoms with Crippen molar-refractivity contribution in [3.05, 3.63) is 90.8 Å². The molecule has 1 unspecified atom stereocenters. The summed E-state index contributed by atoms with van der Waals surface area (Å²) in [6, 6.07) is 21.0. The van der Waals surface area contributed by atoms with Crippen LogP contribution in [0.3, 0.4) is 0 Å². The van der Waals surface area contributed by atoms with Gasteiger partial charge in [-0.25, -0.2) is 9.97 Å². The monoisotopic (exact) mass is 455 g/mol. The first kappa shape index (κ1) is 23.2. The van der Waals surface area contributed by atoms with Crippen LogP contribution in [0.5, 0.6) is 0 Å². The molecule has 0 aliphatic carbocycles. The molecule has 7 heteroatoms. The summed E-state index contributed by atoms with van der Waals surface area (Å²) in [5.74, 6) is -0.687.